The summed E-state index contributed by atoms with van der Waals surface area (Å²) in [5.74, 6) is 0. The van der Waals surface area contributed by atoms with Crippen molar-refractivity contribution < 1.29 is 0 Å². The van der Waals surface area contributed by atoms with Gasteiger partial charge in [-0.3, -0.25) is 5.43 Å². The summed E-state index contributed by atoms with van der Waals surface area (Å²) in [6.07, 6.45) is 5.45. The van der Waals surface area contributed by atoms with E-state index in [2.05, 4.69) is 34.0 Å². The van der Waals surface area contributed by atoms with Gasteiger partial charge in [0.05, 0.1) is 6.21 Å². The van der Waals surface area contributed by atoms with Gasteiger partial charge in [0.2, 0.25) is 0 Å². The third-order valence-corrected chi connectivity index (χ3v) is 3.73. The molecule has 0 amide bonds. The van der Waals surface area contributed by atoms with Crippen molar-refractivity contribution in [2.24, 2.45) is 5.10 Å². The number of thiocarbonyl (C=S) groups is 1. The van der Waals surface area contributed by atoms with Crippen molar-refractivity contribution in [3.05, 3.63) is 65.2 Å². The van der Waals surface area contributed by atoms with Crippen LogP contribution in [-0.2, 0) is 12.8 Å². The van der Waals surface area contributed by atoms with Gasteiger partial charge in [-0.05, 0) is 66.4 Å². The predicted octanol–water partition coefficient (Wildman–Crippen LogP) is 3.50. The maximum absolute atomic E-state index is 5.19. The van der Waals surface area contributed by atoms with Gasteiger partial charge >= 0.3 is 0 Å². The smallest absolute Gasteiger partial charge is 0.191 e. The maximum Gasteiger partial charge on any atom is 0.191 e. The molecular weight excluding hydrogens is 278 g/mol. The maximum atomic E-state index is 5.19. The lowest BCUT2D eigenvalue weighted by Crippen LogP contribution is -2.23. The summed E-state index contributed by atoms with van der Waals surface area (Å²) in [4.78, 5) is 0. The van der Waals surface area contributed by atoms with Gasteiger partial charge in [-0.2, -0.15) is 5.10 Å². The summed E-state index contributed by atoms with van der Waals surface area (Å²) in [5, 5.41) is 7.75. The average molecular weight is 295 g/mol. The fourth-order valence-electron chi connectivity index (χ4n) is 2.52. The predicted molar refractivity (Wildman–Crippen MR) is 91.9 cm³/mol. The van der Waals surface area contributed by atoms with Crippen LogP contribution < -0.4 is 10.7 Å². The molecule has 2 aromatic carbocycles. The van der Waals surface area contributed by atoms with Crippen LogP contribution in [0.3, 0.4) is 0 Å². The second-order valence-corrected chi connectivity index (χ2v) is 5.48. The van der Waals surface area contributed by atoms with Gasteiger partial charge < -0.3 is 5.32 Å². The fraction of sp³-hybridized carbons (Fsp3) is 0.176. The Balaban J connectivity index is 1.56. The number of nitrogens with one attached hydrogen (secondary N) is 2. The first-order chi connectivity index (χ1) is 10.3. The first kappa shape index (κ1) is 13.8. The Morgan fingerprint density at radius 1 is 1.05 bits per heavy atom. The second-order valence-electron chi connectivity index (χ2n) is 5.07. The molecule has 0 aliphatic heterocycles. The molecule has 0 unspecified atom stereocenters. The van der Waals surface area contributed by atoms with E-state index < -0.39 is 0 Å². The van der Waals surface area contributed by atoms with Gasteiger partial charge in [-0.1, -0.05) is 30.3 Å². The molecule has 0 spiro atoms. The number of hydrogen-bond acceptors (Lipinski definition) is 2. The standard InChI is InChI=1S/C17H17N3S/c21-17(19-16-7-2-1-3-8-16)20-18-12-13-9-10-14-5-4-6-15(14)11-13/h1-3,7-12H,4-6H2,(H2,19,20,21)/b18-12-. The van der Waals surface area contributed by atoms with Gasteiger partial charge in [-0.25, -0.2) is 0 Å². The normalized spacial score (nSPS) is 13.1. The molecule has 0 aromatic heterocycles. The first-order valence-electron chi connectivity index (χ1n) is 7.08. The SMILES string of the molecule is S=C(N/N=C\c1ccc2c(c1)CCC2)Nc1ccccc1. The fourth-order valence-corrected chi connectivity index (χ4v) is 2.69. The summed E-state index contributed by atoms with van der Waals surface area (Å²) in [6, 6.07) is 16.3. The zero-order valence-electron chi connectivity index (χ0n) is 11.7. The average Bonchev–Trinajstić information content (AvgIpc) is 2.96. The topological polar surface area (TPSA) is 36.4 Å². The molecule has 0 atom stereocenters. The molecule has 21 heavy (non-hydrogen) atoms. The lowest BCUT2D eigenvalue weighted by Gasteiger charge is -2.06. The van der Waals surface area contributed by atoms with E-state index in [0.29, 0.717) is 5.11 Å². The third kappa shape index (κ3) is 3.67. The molecule has 2 aromatic rings. The van der Waals surface area contributed by atoms with Crippen molar-refractivity contribution in [3.63, 3.8) is 0 Å². The number of anilines is 1. The molecule has 3 nitrogen and oxygen atoms in total. The van der Waals surface area contributed by atoms with Gasteiger partial charge in [-0.15, -0.1) is 0 Å². The molecule has 1 aliphatic rings. The summed E-state index contributed by atoms with van der Waals surface area (Å²) < 4.78 is 0. The number of rotatable bonds is 3. The van der Waals surface area contributed by atoms with E-state index in [0.717, 1.165) is 11.3 Å². The number of nitrogens with zero attached hydrogens (tertiary/aromatic N) is 1. The number of benzene rings is 2. The summed E-state index contributed by atoms with van der Waals surface area (Å²) in [7, 11) is 0. The number of aryl methyl sites for hydroxylation is 2. The minimum Gasteiger partial charge on any atom is -0.331 e. The Morgan fingerprint density at radius 2 is 1.86 bits per heavy atom. The molecule has 0 fully saturated rings. The van der Waals surface area contributed by atoms with Crippen LogP contribution >= 0.6 is 12.2 Å². The van der Waals surface area contributed by atoms with E-state index >= 15 is 0 Å². The van der Waals surface area contributed by atoms with E-state index in [1.54, 1.807) is 6.21 Å². The van der Waals surface area contributed by atoms with Gasteiger partial charge in [0.15, 0.2) is 5.11 Å². The zero-order chi connectivity index (χ0) is 14.5. The lowest BCUT2D eigenvalue weighted by atomic mass is 10.1. The van der Waals surface area contributed by atoms with Crippen LogP contribution in [0.15, 0.2) is 53.6 Å². The Kier molecular flexibility index (Phi) is 4.26. The number of para-hydroxylation sites is 1. The highest BCUT2D eigenvalue weighted by Crippen LogP contribution is 2.22. The molecule has 0 saturated carbocycles. The van der Waals surface area contributed by atoms with E-state index in [-0.39, 0.29) is 0 Å². The molecular formula is C17H17N3S. The van der Waals surface area contributed by atoms with Crippen molar-refractivity contribution >= 4 is 29.2 Å². The van der Waals surface area contributed by atoms with Crippen molar-refractivity contribution in [3.8, 4) is 0 Å². The highest BCUT2D eigenvalue weighted by atomic mass is 32.1. The minimum atomic E-state index is 0.485. The molecule has 106 valence electrons. The molecule has 3 rings (SSSR count). The molecule has 1 aliphatic carbocycles. The lowest BCUT2D eigenvalue weighted by molar-refractivity contribution is 0.912. The largest absolute Gasteiger partial charge is 0.331 e. The Morgan fingerprint density at radius 3 is 2.71 bits per heavy atom. The van der Waals surface area contributed by atoms with Crippen LogP contribution in [0.25, 0.3) is 0 Å². The first-order valence-corrected chi connectivity index (χ1v) is 7.49. The van der Waals surface area contributed by atoms with Crippen molar-refractivity contribution in [2.75, 3.05) is 5.32 Å². The van der Waals surface area contributed by atoms with Crippen LogP contribution in [0.5, 0.6) is 0 Å². The summed E-state index contributed by atoms with van der Waals surface area (Å²) >= 11 is 5.19. The van der Waals surface area contributed by atoms with Gasteiger partial charge in [0, 0.05) is 5.69 Å². The molecule has 0 bridgehead atoms. The Bertz CT molecular complexity index is 665. The van der Waals surface area contributed by atoms with E-state index in [1.807, 2.05) is 30.3 Å². The van der Waals surface area contributed by atoms with Crippen LogP contribution in [-0.4, -0.2) is 11.3 Å². The Hall–Kier alpha value is -2.20. The number of hydrazone groups is 1. The van der Waals surface area contributed by atoms with E-state index in [4.69, 9.17) is 12.2 Å². The van der Waals surface area contributed by atoms with Crippen LogP contribution in [0.2, 0.25) is 0 Å². The van der Waals surface area contributed by atoms with Crippen molar-refractivity contribution in [2.45, 2.75) is 19.3 Å². The van der Waals surface area contributed by atoms with Crippen molar-refractivity contribution in [1.82, 2.24) is 5.43 Å². The van der Waals surface area contributed by atoms with E-state index in [1.165, 1.54) is 30.4 Å². The summed E-state index contributed by atoms with van der Waals surface area (Å²) in [5.41, 5.74) is 7.81. The van der Waals surface area contributed by atoms with E-state index in [9.17, 15) is 0 Å². The van der Waals surface area contributed by atoms with Crippen molar-refractivity contribution in [1.29, 1.82) is 0 Å². The molecule has 0 heterocycles. The van der Waals surface area contributed by atoms with Gasteiger partial charge in [0.1, 0.15) is 0 Å². The highest BCUT2D eigenvalue weighted by Gasteiger charge is 2.09. The molecule has 2 N–H and O–H groups in total. The second kappa shape index (κ2) is 6.50. The third-order valence-electron chi connectivity index (χ3n) is 3.53. The van der Waals surface area contributed by atoms with Crippen LogP contribution in [0.1, 0.15) is 23.1 Å². The summed E-state index contributed by atoms with van der Waals surface area (Å²) in [6.45, 7) is 0. The van der Waals surface area contributed by atoms with Crippen LogP contribution in [0, 0.1) is 0 Å². The molecule has 0 saturated heterocycles. The molecule has 0 radical (unpaired) electrons. The molecule has 4 heteroatoms. The minimum absolute atomic E-state index is 0.485. The van der Waals surface area contributed by atoms with Gasteiger partial charge in [0.25, 0.3) is 0 Å². The number of fused-ring (bicyclic) bond motifs is 1. The number of hydrogen-bond donors (Lipinski definition) is 2. The zero-order valence-corrected chi connectivity index (χ0v) is 12.5. The monoisotopic (exact) mass is 295 g/mol. The quantitative estimate of drug-likeness (QED) is 0.517. The Labute approximate surface area is 130 Å². The highest BCUT2D eigenvalue weighted by molar-refractivity contribution is 7.80. The van der Waals surface area contributed by atoms with Crippen LogP contribution in [0.4, 0.5) is 5.69 Å².